The summed E-state index contributed by atoms with van der Waals surface area (Å²) in [6.07, 6.45) is 1.69. The molecule has 2 N–H and O–H groups in total. The minimum atomic E-state index is -0.424. The number of likely N-dealkylation sites (tertiary alicyclic amines) is 1. The van der Waals surface area contributed by atoms with E-state index in [1.165, 1.54) is 34.4 Å². The Morgan fingerprint density at radius 3 is 2.71 bits per heavy atom. The van der Waals surface area contributed by atoms with Crippen molar-refractivity contribution in [2.24, 2.45) is 5.92 Å². The Labute approximate surface area is 207 Å². The van der Waals surface area contributed by atoms with Crippen LogP contribution < -0.4 is 15.5 Å². The third-order valence-electron chi connectivity index (χ3n) is 5.97. The second kappa shape index (κ2) is 11.1. The number of amides is 4. The normalized spacial score (nSPS) is 15.4. The van der Waals surface area contributed by atoms with E-state index in [0.717, 1.165) is 12.8 Å². The van der Waals surface area contributed by atoms with Gasteiger partial charge in [0.1, 0.15) is 5.82 Å². The molecule has 9 heteroatoms. The number of urea groups is 1. The molecule has 2 aromatic carbocycles. The lowest BCUT2D eigenvalue weighted by molar-refractivity contribution is 0.0676. The van der Waals surface area contributed by atoms with E-state index in [2.05, 4.69) is 10.6 Å². The van der Waals surface area contributed by atoms with E-state index in [4.69, 9.17) is 0 Å². The molecule has 4 amide bonds. The van der Waals surface area contributed by atoms with Crippen LogP contribution in [-0.4, -0.2) is 49.4 Å². The van der Waals surface area contributed by atoms with Crippen LogP contribution in [-0.2, 0) is 0 Å². The number of halogens is 1. The van der Waals surface area contributed by atoms with Gasteiger partial charge in [-0.15, -0.1) is 11.3 Å². The largest absolute Gasteiger partial charge is 0.338 e. The number of piperidine rings is 1. The van der Waals surface area contributed by atoms with Crippen LogP contribution in [0.2, 0.25) is 0 Å². The molecule has 1 atom stereocenters. The highest BCUT2D eigenvalue weighted by Crippen LogP contribution is 2.26. The van der Waals surface area contributed by atoms with Gasteiger partial charge in [0, 0.05) is 32.4 Å². The molecule has 35 heavy (non-hydrogen) atoms. The van der Waals surface area contributed by atoms with Crippen LogP contribution >= 0.6 is 11.3 Å². The van der Waals surface area contributed by atoms with Gasteiger partial charge in [-0.05, 0) is 60.5 Å². The van der Waals surface area contributed by atoms with Gasteiger partial charge in [-0.1, -0.05) is 24.3 Å². The van der Waals surface area contributed by atoms with E-state index < -0.39 is 11.8 Å². The molecule has 4 rings (SSSR count). The molecule has 1 aliphatic rings. The number of hydrogen-bond acceptors (Lipinski definition) is 4. The Morgan fingerprint density at radius 1 is 1.11 bits per heavy atom. The van der Waals surface area contributed by atoms with Gasteiger partial charge in [-0.2, -0.15) is 0 Å². The highest BCUT2D eigenvalue weighted by atomic mass is 32.1. The molecule has 0 bridgehead atoms. The number of nitrogens with one attached hydrogen (secondary N) is 2. The number of thiophene rings is 1. The predicted octanol–water partition coefficient (Wildman–Crippen LogP) is 4.84. The third kappa shape index (κ3) is 6.05. The quantitative estimate of drug-likeness (QED) is 0.515. The fraction of sp³-hybridized carbons (Fsp3) is 0.269. The van der Waals surface area contributed by atoms with Gasteiger partial charge >= 0.3 is 6.03 Å². The predicted molar refractivity (Wildman–Crippen MR) is 136 cm³/mol. The lowest BCUT2D eigenvalue weighted by atomic mass is 9.97. The second-order valence-corrected chi connectivity index (χ2v) is 9.41. The monoisotopic (exact) mass is 494 g/mol. The summed E-state index contributed by atoms with van der Waals surface area (Å²) in [5.74, 6) is -0.638. The average molecular weight is 495 g/mol. The molecule has 0 spiro atoms. The number of anilines is 2. The molecule has 1 saturated heterocycles. The first-order chi connectivity index (χ1) is 16.9. The fourth-order valence-electron chi connectivity index (χ4n) is 4.19. The van der Waals surface area contributed by atoms with Crippen molar-refractivity contribution in [1.29, 1.82) is 0 Å². The van der Waals surface area contributed by atoms with E-state index in [1.54, 1.807) is 42.3 Å². The van der Waals surface area contributed by atoms with Crippen molar-refractivity contribution in [3.05, 3.63) is 82.3 Å². The molecule has 1 unspecified atom stereocenters. The standard InChI is InChI=1S/C26H27FN4O3S/c1-30(25(33)23-12-6-14-35-23)22-11-3-2-10-21(22)24(32)31-13-5-7-18(17-31)16-28-26(34)29-20-9-4-8-19(27)15-20/h2-4,6,8-12,14-15,18H,5,7,13,16-17H2,1H3,(H2,28,29,34). The average Bonchev–Trinajstić information content (AvgIpc) is 3.41. The summed E-state index contributed by atoms with van der Waals surface area (Å²) in [5, 5.41) is 7.28. The minimum Gasteiger partial charge on any atom is -0.338 e. The van der Waals surface area contributed by atoms with Crippen molar-refractivity contribution in [1.82, 2.24) is 10.2 Å². The van der Waals surface area contributed by atoms with E-state index in [1.807, 2.05) is 17.5 Å². The number of benzene rings is 2. The van der Waals surface area contributed by atoms with Crippen LogP contribution in [0.25, 0.3) is 0 Å². The van der Waals surface area contributed by atoms with Crippen molar-refractivity contribution in [2.75, 3.05) is 36.9 Å². The van der Waals surface area contributed by atoms with Gasteiger partial charge in [-0.25, -0.2) is 9.18 Å². The summed E-state index contributed by atoms with van der Waals surface area (Å²) < 4.78 is 13.3. The zero-order valence-electron chi connectivity index (χ0n) is 19.4. The summed E-state index contributed by atoms with van der Waals surface area (Å²) in [5.41, 5.74) is 1.41. The SMILES string of the molecule is CN(C(=O)c1cccs1)c1ccccc1C(=O)N1CCCC(CNC(=O)Nc2cccc(F)c2)C1. The molecule has 7 nitrogen and oxygen atoms in total. The van der Waals surface area contributed by atoms with Crippen LogP contribution in [0.3, 0.4) is 0 Å². The highest BCUT2D eigenvalue weighted by molar-refractivity contribution is 7.12. The summed E-state index contributed by atoms with van der Waals surface area (Å²) in [4.78, 5) is 42.4. The van der Waals surface area contributed by atoms with E-state index in [0.29, 0.717) is 41.4 Å². The van der Waals surface area contributed by atoms with Gasteiger partial charge in [0.25, 0.3) is 11.8 Å². The van der Waals surface area contributed by atoms with E-state index >= 15 is 0 Å². The van der Waals surface area contributed by atoms with Crippen molar-refractivity contribution >= 4 is 40.6 Å². The topological polar surface area (TPSA) is 81.8 Å². The summed E-state index contributed by atoms with van der Waals surface area (Å²) in [6.45, 7) is 1.50. The maximum Gasteiger partial charge on any atom is 0.319 e. The lowest BCUT2D eigenvalue weighted by Crippen LogP contribution is -2.44. The van der Waals surface area contributed by atoms with Gasteiger partial charge in [-0.3, -0.25) is 9.59 Å². The molecule has 0 aliphatic carbocycles. The maximum absolute atomic E-state index is 13.4. The van der Waals surface area contributed by atoms with Gasteiger partial charge in [0.05, 0.1) is 16.1 Å². The van der Waals surface area contributed by atoms with Crippen LogP contribution in [0.1, 0.15) is 32.9 Å². The zero-order valence-corrected chi connectivity index (χ0v) is 20.2. The van der Waals surface area contributed by atoms with Crippen molar-refractivity contribution in [3.8, 4) is 0 Å². The van der Waals surface area contributed by atoms with Crippen LogP contribution in [0, 0.1) is 11.7 Å². The third-order valence-corrected chi connectivity index (χ3v) is 6.83. The molecule has 1 aromatic heterocycles. The molecule has 3 aromatic rings. The molecular weight excluding hydrogens is 467 g/mol. The molecule has 2 heterocycles. The number of hydrogen-bond donors (Lipinski definition) is 2. The van der Waals surface area contributed by atoms with Crippen LogP contribution in [0.5, 0.6) is 0 Å². The molecule has 182 valence electrons. The zero-order chi connectivity index (χ0) is 24.8. The molecule has 0 radical (unpaired) electrons. The molecule has 1 fully saturated rings. The van der Waals surface area contributed by atoms with E-state index in [9.17, 15) is 18.8 Å². The van der Waals surface area contributed by atoms with Crippen molar-refractivity contribution < 1.29 is 18.8 Å². The van der Waals surface area contributed by atoms with Crippen molar-refractivity contribution in [2.45, 2.75) is 12.8 Å². The van der Waals surface area contributed by atoms with Gasteiger partial charge < -0.3 is 20.4 Å². The van der Waals surface area contributed by atoms with Crippen LogP contribution in [0.15, 0.2) is 66.0 Å². The number of rotatable bonds is 6. The number of carbonyl (C=O) groups is 3. The number of nitrogens with zero attached hydrogens (tertiary/aromatic N) is 2. The maximum atomic E-state index is 13.4. The Hall–Kier alpha value is -3.72. The highest BCUT2D eigenvalue weighted by Gasteiger charge is 2.28. The number of carbonyl (C=O) groups excluding carboxylic acids is 3. The molecule has 1 aliphatic heterocycles. The first-order valence-electron chi connectivity index (χ1n) is 11.4. The molecule has 0 saturated carbocycles. The number of para-hydroxylation sites is 1. The second-order valence-electron chi connectivity index (χ2n) is 8.46. The van der Waals surface area contributed by atoms with E-state index in [-0.39, 0.29) is 17.7 Å². The summed E-state index contributed by atoms with van der Waals surface area (Å²) in [6, 6.07) is 16.0. The van der Waals surface area contributed by atoms with Crippen molar-refractivity contribution in [3.63, 3.8) is 0 Å². The van der Waals surface area contributed by atoms with Gasteiger partial charge in [0.2, 0.25) is 0 Å². The smallest absolute Gasteiger partial charge is 0.319 e. The Balaban J connectivity index is 1.38. The lowest BCUT2D eigenvalue weighted by Gasteiger charge is -2.33. The fourth-order valence-corrected chi connectivity index (χ4v) is 4.89. The minimum absolute atomic E-state index is 0.0867. The molecular formula is C26H27FN4O3S. The Morgan fingerprint density at radius 2 is 1.94 bits per heavy atom. The Bertz CT molecular complexity index is 1200. The summed E-state index contributed by atoms with van der Waals surface area (Å²) in [7, 11) is 1.67. The van der Waals surface area contributed by atoms with Crippen LogP contribution in [0.4, 0.5) is 20.6 Å². The Kier molecular flexibility index (Phi) is 7.77. The first kappa shape index (κ1) is 24.4. The first-order valence-corrected chi connectivity index (χ1v) is 12.3. The van der Waals surface area contributed by atoms with Gasteiger partial charge in [0.15, 0.2) is 0 Å². The summed E-state index contributed by atoms with van der Waals surface area (Å²) >= 11 is 1.36.